The van der Waals surface area contributed by atoms with Crippen molar-refractivity contribution >= 4 is 38.9 Å². The van der Waals surface area contributed by atoms with Gasteiger partial charge in [-0.1, -0.05) is 40.2 Å². The molecule has 2 nitrogen and oxygen atoms in total. The molecule has 0 fully saturated rings. The van der Waals surface area contributed by atoms with Gasteiger partial charge in [-0.2, -0.15) is 0 Å². The van der Waals surface area contributed by atoms with Crippen molar-refractivity contribution in [2.75, 3.05) is 5.32 Å². The Morgan fingerprint density at radius 3 is 2.52 bits per heavy atom. The van der Waals surface area contributed by atoms with E-state index >= 15 is 0 Å². The van der Waals surface area contributed by atoms with E-state index in [0.29, 0.717) is 5.11 Å². The first-order valence-corrected chi connectivity index (χ1v) is 8.06. The minimum absolute atomic E-state index is 0.163. The number of nitrogens with one attached hydrogen (secondary N) is 2. The van der Waals surface area contributed by atoms with Crippen molar-refractivity contribution < 1.29 is 0 Å². The molecule has 0 radical (unpaired) electrons. The number of thiocarbonyl (C=S) groups is 1. The molecule has 2 rings (SSSR count). The zero-order valence-electron chi connectivity index (χ0n) is 12.4. The van der Waals surface area contributed by atoms with E-state index in [1.807, 2.05) is 24.3 Å². The summed E-state index contributed by atoms with van der Waals surface area (Å²) in [6.07, 6.45) is 0. The SMILES string of the molecule is Cc1ccc([C@H](C)NC(=S)Nc2cccc(Br)c2)cc1C. The van der Waals surface area contributed by atoms with E-state index in [4.69, 9.17) is 12.2 Å². The van der Waals surface area contributed by atoms with Gasteiger partial charge in [-0.3, -0.25) is 0 Å². The molecule has 0 saturated carbocycles. The number of hydrogen-bond acceptors (Lipinski definition) is 1. The molecular weight excluding hydrogens is 344 g/mol. The Balaban J connectivity index is 2.00. The maximum Gasteiger partial charge on any atom is 0.171 e. The maximum atomic E-state index is 5.38. The van der Waals surface area contributed by atoms with E-state index in [2.05, 4.69) is 65.5 Å². The summed E-state index contributed by atoms with van der Waals surface area (Å²) < 4.78 is 1.03. The lowest BCUT2D eigenvalue weighted by atomic mass is 10.0. The molecule has 21 heavy (non-hydrogen) atoms. The van der Waals surface area contributed by atoms with Gasteiger partial charge in [0.1, 0.15) is 0 Å². The molecule has 2 aromatic carbocycles. The summed E-state index contributed by atoms with van der Waals surface area (Å²) in [5, 5.41) is 7.14. The molecule has 0 spiro atoms. The van der Waals surface area contributed by atoms with Crippen LogP contribution in [-0.2, 0) is 0 Å². The quantitative estimate of drug-likeness (QED) is 0.741. The van der Waals surface area contributed by atoms with Crippen molar-refractivity contribution in [3.63, 3.8) is 0 Å². The van der Waals surface area contributed by atoms with E-state index in [1.165, 1.54) is 16.7 Å². The van der Waals surface area contributed by atoms with Gasteiger partial charge in [0, 0.05) is 10.2 Å². The third-order valence-electron chi connectivity index (χ3n) is 3.46. The van der Waals surface area contributed by atoms with Crippen LogP contribution >= 0.6 is 28.1 Å². The molecule has 0 heterocycles. The van der Waals surface area contributed by atoms with Crippen LogP contribution in [0, 0.1) is 13.8 Å². The smallest absolute Gasteiger partial charge is 0.171 e. The van der Waals surface area contributed by atoms with Crippen molar-refractivity contribution in [1.29, 1.82) is 0 Å². The number of hydrogen-bond donors (Lipinski definition) is 2. The van der Waals surface area contributed by atoms with E-state index in [1.54, 1.807) is 0 Å². The summed E-state index contributed by atoms with van der Waals surface area (Å²) in [5.74, 6) is 0. The monoisotopic (exact) mass is 362 g/mol. The van der Waals surface area contributed by atoms with Gasteiger partial charge in [-0.25, -0.2) is 0 Å². The average molecular weight is 363 g/mol. The second kappa shape index (κ2) is 7.05. The molecule has 0 aromatic heterocycles. The van der Waals surface area contributed by atoms with E-state index < -0.39 is 0 Å². The Labute approximate surface area is 140 Å². The third-order valence-corrected chi connectivity index (χ3v) is 4.17. The normalized spacial score (nSPS) is 11.8. The molecule has 0 aliphatic carbocycles. The molecule has 0 amide bonds. The number of rotatable bonds is 3. The fraction of sp³-hybridized carbons (Fsp3) is 0.235. The van der Waals surface area contributed by atoms with E-state index in [9.17, 15) is 0 Å². The second-order valence-electron chi connectivity index (χ2n) is 5.17. The van der Waals surface area contributed by atoms with E-state index in [0.717, 1.165) is 10.2 Å². The Hall–Kier alpha value is -1.39. The predicted molar refractivity (Wildman–Crippen MR) is 97.8 cm³/mol. The minimum atomic E-state index is 0.163. The number of anilines is 1. The van der Waals surface area contributed by atoms with Crippen LogP contribution in [0.25, 0.3) is 0 Å². The largest absolute Gasteiger partial charge is 0.356 e. The fourth-order valence-corrected chi connectivity index (χ4v) is 2.74. The molecule has 0 saturated heterocycles. The first-order chi connectivity index (χ1) is 9.95. The lowest BCUT2D eigenvalue weighted by Gasteiger charge is -2.18. The zero-order chi connectivity index (χ0) is 15.4. The summed E-state index contributed by atoms with van der Waals surface area (Å²) in [5.41, 5.74) is 4.80. The molecule has 2 aromatic rings. The van der Waals surface area contributed by atoms with Gasteiger partial charge in [0.25, 0.3) is 0 Å². The Kier molecular flexibility index (Phi) is 5.37. The van der Waals surface area contributed by atoms with Crippen LogP contribution < -0.4 is 10.6 Å². The van der Waals surface area contributed by atoms with Gasteiger partial charge in [0.15, 0.2) is 5.11 Å². The Morgan fingerprint density at radius 1 is 1.10 bits per heavy atom. The zero-order valence-corrected chi connectivity index (χ0v) is 14.8. The molecule has 0 unspecified atom stereocenters. The average Bonchev–Trinajstić information content (AvgIpc) is 2.41. The number of benzene rings is 2. The first-order valence-electron chi connectivity index (χ1n) is 6.86. The fourth-order valence-electron chi connectivity index (χ4n) is 2.05. The minimum Gasteiger partial charge on any atom is -0.356 e. The molecule has 4 heteroatoms. The van der Waals surface area contributed by atoms with Crippen LogP contribution in [0.2, 0.25) is 0 Å². The Morgan fingerprint density at radius 2 is 1.86 bits per heavy atom. The van der Waals surface area contributed by atoms with Crippen molar-refractivity contribution in [1.82, 2.24) is 5.32 Å². The molecule has 1 atom stereocenters. The second-order valence-corrected chi connectivity index (χ2v) is 6.50. The summed E-state index contributed by atoms with van der Waals surface area (Å²) in [4.78, 5) is 0. The maximum absolute atomic E-state index is 5.38. The van der Waals surface area contributed by atoms with Crippen molar-refractivity contribution in [2.24, 2.45) is 0 Å². The highest BCUT2D eigenvalue weighted by Gasteiger charge is 2.08. The van der Waals surface area contributed by atoms with Gasteiger partial charge in [0.2, 0.25) is 0 Å². The van der Waals surface area contributed by atoms with Gasteiger partial charge in [-0.15, -0.1) is 0 Å². The molecule has 110 valence electrons. The molecule has 2 N–H and O–H groups in total. The lowest BCUT2D eigenvalue weighted by Crippen LogP contribution is -2.30. The van der Waals surface area contributed by atoms with Crippen LogP contribution in [0.15, 0.2) is 46.9 Å². The molecular formula is C17H19BrN2S. The molecule has 0 aliphatic heterocycles. The van der Waals surface area contributed by atoms with Gasteiger partial charge >= 0.3 is 0 Å². The lowest BCUT2D eigenvalue weighted by molar-refractivity contribution is 0.721. The summed E-state index contributed by atoms with van der Waals surface area (Å²) in [6, 6.07) is 14.6. The van der Waals surface area contributed by atoms with Crippen LogP contribution in [0.5, 0.6) is 0 Å². The van der Waals surface area contributed by atoms with Crippen LogP contribution in [0.1, 0.15) is 29.7 Å². The van der Waals surface area contributed by atoms with Crippen molar-refractivity contribution in [3.05, 3.63) is 63.6 Å². The van der Waals surface area contributed by atoms with Crippen LogP contribution in [0.3, 0.4) is 0 Å². The van der Waals surface area contributed by atoms with Crippen molar-refractivity contribution in [2.45, 2.75) is 26.8 Å². The number of aryl methyl sites for hydroxylation is 2. The van der Waals surface area contributed by atoms with Crippen molar-refractivity contribution in [3.8, 4) is 0 Å². The Bertz CT molecular complexity index is 655. The van der Waals surface area contributed by atoms with Crippen LogP contribution in [0.4, 0.5) is 5.69 Å². The van der Waals surface area contributed by atoms with Gasteiger partial charge < -0.3 is 10.6 Å². The highest BCUT2D eigenvalue weighted by molar-refractivity contribution is 9.10. The summed E-state index contributed by atoms with van der Waals surface area (Å²) in [6.45, 7) is 6.36. The standard InChI is InChI=1S/C17H19BrN2S/c1-11-7-8-14(9-12(11)2)13(3)19-17(21)20-16-6-4-5-15(18)10-16/h4-10,13H,1-3H3,(H2,19,20,21)/t13-/m0/s1. The topological polar surface area (TPSA) is 24.1 Å². The summed E-state index contributed by atoms with van der Waals surface area (Å²) >= 11 is 8.83. The van der Waals surface area contributed by atoms with Gasteiger partial charge in [0.05, 0.1) is 6.04 Å². The molecule has 0 bridgehead atoms. The van der Waals surface area contributed by atoms with Crippen LogP contribution in [-0.4, -0.2) is 5.11 Å². The van der Waals surface area contributed by atoms with Gasteiger partial charge in [-0.05, 0) is 67.9 Å². The number of halogens is 1. The van der Waals surface area contributed by atoms with E-state index in [-0.39, 0.29) is 6.04 Å². The molecule has 0 aliphatic rings. The highest BCUT2D eigenvalue weighted by atomic mass is 79.9. The first kappa shape index (κ1) is 16.0. The predicted octanol–water partition coefficient (Wildman–Crippen LogP) is 5.11. The summed E-state index contributed by atoms with van der Waals surface area (Å²) in [7, 11) is 0. The third kappa shape index (κ3) is 4.55. The highest BCUT2D eigenvalue weighted by Crippen LogP contribution is 2.18.